The second-order valence-corrected chi connectivity index (χ2v) is 6.43. The summed E-state index contributed by atoms with van der Waals surface area (Å²) in [4.78, 5) is 12.6. The summed E-state index contributed by atoms with van der Waals surface area (Å²) in [6.45, 7) is 4.33. The van der Waals surface area contributed by atoms with E-state index < -0.39 is 0 Å². The van der Waals surface area contributed by atoms with Crippen molar-refractivity contribution in [3.63, 3.8) is 0 Å². The Morgan fingerprint density at radius 1 is 1.24 bits per heavy atom. The van der Waals surface area contributed by atoms with E-state index in [0.29, 0.717) is 0 Å². The molecule has 1 fully saturated rings. The molecule has 3 heteroatoms. The van der Waals surface area contributed by atoms with E-state index in [1.54, 1.807) is 0 Å². The van der Waals surface area contributed by atoms with E-state index in [1.165, 1.54) is 25.7 Å². The third kappa shape index (κ3) is 3.99. The van der Waals surface area contributed by atoms with Gasteiger partial charge in [-0.3, -0.25) is 4.79 Å². The monoisotopic (exact) mass is 288 g/mol. The number of hydrogen-bond donors (Lipinski definition) is 2. The summed E-state index contributed by atoms with van der Waals surface area (Å²) in [6.07, 6.45) is 7.97. The number of carbonyl (C=O) groups excluding carboxylic acids is 1. The quantitative estimate of drug-likeness (QED) is 0.565. The van der Waals surface area contributed by atoms with E-state index in [1.807, 2.05) is 24.3 Å². The molecule has 1 unspecified atom stereocenters. The van der Waals surface area contributed by atoms with Gasteiger partial charge in [0.05, 0.1) is 5.41 Å². The smallest absolute Gasteiger partial charge is 0.230 e. The molecule has 1 aromatic rings. The summed E-state index contributed by atoms with van der Waals surface area (Å²) in [6, 6.07) is 8.02. The van der Waals surface area contributed by atoms with Gasteiger partial charge < -0.3 is 11.1 Å². The molecule has 3 nitrogen and oxygen atoms in total. The van der Waals surface area contributed by atoms with Crippen molar-refractivity contribution < 1.29 is 4.79 Å². The molecule has 0 aliphatic heterocycles. The lowest BCUT2D eigenvalue weighted by atomic mass is 9.94. The SMILES string of the molecule is CCCCCCC(C)NC(=O)C1(c2ccc(N)cc2)CC1. The van der Waals surface area contributed by atoms with Gasteiger partial charge in [-0.05, 0) is 43.9 Å². The Hall–Kier alpha value is -1.51. The highest BCUT2D eigenvalue weighted by molar-refractivity contribution is 5.91. The van der Waals surface area contributed by atoms with E-state index in [2.05, 4.69) is 19.2 Å². The number of hydrogen-bond acceptors (Lipinski definition) is 2. The molecule has 1 amide bonds. The first-order chi connectivity index (χ1) is 10.1. The lowest BCUT2D eigenvalue weighted by Gasteiger charge is -2.20. The Bertz CT molecular complexity index is 463. The van der Waals surface area contributed by atoms with E-state index in [0.717, 1.165) is 30.5 Å². The molecule has 0 saturated heterocycles. The number of nitrogens with one attached hydrogen (secondary N) is 1. The van der Waals surface area contributed by atoms with Crippen LogP contribution in [-0.4, -0.2) is 11.9 Å². The van der Waals surface area contributed by atoms with Crippen LogP contribution in [0.4, 0.5) is 5.69 Å². The fourth-order valence-corrected chi connectivity index (χ4v) is 2.89. The first-order valence-electron chi connectivity index (χ1n) is 8.25. The Labute approximate surface area is 128 Å². The Morgan fingerprint density at radius 3 is 2.48 bits per heavy atom. The maximum atomic E-state index is 12.6. The maximum Gasteiger partial charge on any atom is 0.230 e. The van der Waals surface area contributed by atoms with Crippen LogP contribution in [0.15, 0.2) is 24.3 Å². The zero-order valence-electron chi connectivity index (χ0n) is 13.3. The number of anilines is 1. The topological polar surface area (TPSA) is 55.1 Å². The van der Waals surface area contributed by atoms with Gasteiger partial charge in [-0.1, -0.05) is 44.7 Å². The van der Waals surface area contributed by atoms with Crippen LogP contribution in [-0.2, 0) is 10.2 Å². The van der Waals surface area contributed by atoms with Crippen molar-refractivity contribution in [3.05, 3.63) is 29.8 Å². The van der Waals surface area contributed by atoms with Gasteiger partial charge in [0.1, 0.15) is 0 Å². The summed E-state index contributed by atoms with van der Waals surface area (Å²) in [5, 5.41) is 3.20. The number of carbonyl (C=O) groups is 1. The molecular weight excluding hydrogens is 260 g/mol. The fraction of sp³-hybridized carbons (Fsp3) is 0.611. The Kier molecular flexibility index (Phi) is 5.27. The van der Waals surface area contributed by atoms with Gasteiger partial charge in [0, 0.05) is 11.7 Å². The van der Waals surface area contributed by atoms with Crippen LogP contribution in [0.2, 0.25) is 0 Å². The van der Waals surface area contributed by atoms with Gasteiger partial charge >= 0.3 is 0 Å². The van der Waals surface area contributed by atoms with E-state index in [-0.39, 0.29) is 17.4 Å². The second-order valence-electron chi connectivity index (χ2n) is 6.43. The summed E-state index contributed by atoms with van der Waals surface area (Å²) in [5.41, 5.74) is 7.29. The molecule has 116 valence electrons. The zero-order valence-corrected chi connectivity index (χ0v) is 13.3. The van der Waals surface area contributed by atoms with Gasteiger partial charge in [0.25, 0.3) is 0 Å². The standard InChI is InChI=1S/C18H28N2O/c1-3-4-5-6-7-14(2)20-17(21)18(12-13-18)15-8-10-16(19)11-9-15/h8-11,14H,3-7,12-13,19H2,1-2H3,(H,20,21). The van der Waals surface area contributed by atoms with Crippen LogP contribution in [0, 0.1) is 0 Å². The summed E-state index contributed by atoms with van der Waals surface area (Å²) in [5.74, 6) is 0.190. The molecule has 1 saturated carbocycles. The van der Waals surface area contributed by atoms with Gasteiger partial charge in [0.15, 0.2) is 0 Å². The Morgan fingerprint density at radius 2 is 1.90 bits per heavy atom. The highest BCUT2D eigenvalue weighted by atomic mass is 16.2. The first kappa shape index (κ1) is 15.9. The molecule has 0 heterocycles. The van der Waals surface area contributed by atoms with Crippen molar-refractivity contribution in [3.8, 4) is 0 Å². The number of amides is 1. The van der Waals surface area contributed by atoms with Crippen LogP contribution < -0.4 is 11.1 Å². The summed E-state index contributed by atoms with van der Waals surface area (Å²) >= 11 is 0. The number of benzene rings is 1. The average Bonchev–Trinajstić information content (AvgIpc) is 3.26. The van der Waals surface area contributed by atoms with Crippen molar-refractivity contribution in [1.29, 1.82) is 0 Å². The maximum absolute atomic E-state index is 12.6. The number of nitrogens with two attached hydrogens (primary N) is 1. The Balaban J connectivity index is 1.86. The zero-order chi connectivity index (χ0) is 15.3. The molecule has 2 rings (SSSR count). The van der Waals surface area contributed by atoms with Crippen LogP contribution in [0.25, 0.3) is 0 Å². The lowest BCUT2D eigenvalue weighted by molar-refractivity contribution is -0.124. The van der Waals surface area contributed by atoms with Crippen molar-refractivity contribution in [1.82, 2.24) is 5.32 Å². The molecule has 0 bridgehead atoms. The van der Waals surface area contributed by atoms with Gasteiger partial charge in [0.2, 0.25) is 5.91 Å². The molecule has 3 N–H and O–H groups in total. The molecule has 1 aliphatic carbocycles. The second kappa shape index (κ2) is 6.97. The van der Waals surface area contributed by atoms with Crippen molar-refractivity contribution in [2.24, 2.45) is 0 Å². The van der Waals surface area contributed by atoms with Crippen LogP contribution >= 0.6 is 0 Å². The van der Waals surface area contributed by atoms with E-state index in [4.69, 9.17) is 5.73 Å². The van der Waals surface area contributed by atoms with Crippen molar-refractivity contribution in [2.75, 3.05) is 5.73 Å². The van der Waals surface area contributed by atoms with Crippen LogP contribution in [0.3, 0.4) is 0 Å². The van der Waals surface area contributed by atoms with Crippen molar-refractivity contribution in [2.45, 2.75) is 70.3 Å². The minimum atomic E-state index is -0.286. The summed E-state index contributed by atoms with van der Waals surface area (Å²) in [7, 11) is 0. The molecule has 1 atom stereocenters. The first-order valence-corrected chi connectivity index (χ1v) is 8.25. The minimum absolute atomic E-state index is 0.190. The van der Waals surface area contributed by atoms with Gasteiger partial charge in [-0.2, -0.15) is 0 Å². The molecule has 0 aromatic heterocycles. The molecule has 1 aromatic carbocycles. The predicted octanol–water partition coefficient (Wildman–Crippen LogP) is 3.78. The number of rotatable bonds is 8. The van der Waals surface area contributed by atoms with Crippen LogP contribution in [0.5, 0.6) is 0 Å². The molecular formula is C18H28N2O. The number of nitrogen functional groups attached to an aromatic ring is 1. The largest absolute Gasteiger partial charge is 0.399 e. The summed E-state index contributed by atoms with van der Waals surface area (Å²) < 4.78 is 0. The molecule has 0 radical (unpaired) electrons. The highest BCUT2D eigenvalue weighted by Crippen LogP contribution is 2.48. The lowest BCUT2D eigenvalue weighted by Crippen LogP contribution is -2.40. The molecule has 21 heavy (non-hydrogen) atoms. The average molecular weight is 288 g/mol. The predicted molar refractivity (Wildman–Crippen MR) is 88.1 cm³/mol. The fourth-order valence-electron chi connectivity index (χ4n) is 2.89. The highest BCUT2D eigenvalue weighted by Gasteiger charge is 2.51. The number of unbranched alkanes of at least 4 members (excludes halogenated alkanes) is 3. The minimum Gasteiger partial charge on any atom is -0.399 e. The van der Waals surface area contributed by atoms with Gasteiger partial charge in [-0.15, -0.1) is 0 Å². The van der Waals surface area contributed by atoms with Gasteiger partial charge in [-0.25, -0.2) is 0 Å². The van der Waals surface area contributed by atoms with E-state index in [9.17, 15) is 4.79 Å². The molecule has 0 spiro atoms. The third-order valence-electron chi connectivity index (χ3n) is 4.52. The molecule has 1 aliphatic rings. The normalized spacial score (nSPS) is 17.2. The van der Waals surface area contributed by atoms with E-state index >= 15 is 0 Å². The third-order valence-corrected chi connectivity index (χ3v) is 4.52. The van der Waals surface area contributed by atoms with Crippen molar-refractivity contribution >= 4 is 11.6 Å². The van der Waals surface area contributed by atoms with Crippen LogP contribution in [0.1, 0.15) is 64.4 Å².